The summed E-state index contributed by atoms with van der Waals surface area (Å²) in [6, 6.07) is 8.77. The van der Waals surface area contributed by atoms with Crippen molar-refractivity contribution in [3.8, 4) is 11.4 Å². The number of nitrogens with zero attached hydrogens (tertiary/aromatic N) is 3. The molecule has 146 valence electrons. The van der Waals surface area contributed by atoms with Gasteiger partial charge in [-0.05, 0) is 37.3 Å². The Morgan fingerprint density at radius 1 is 1.21 bits per heavy atom. The molecule has 3 aromatic rings. The lowest BCUT2D eigenvalue weighted by molar-refractivity contribution is -0.385. The van der Waals surface area contributed by atoms with Crippen LogP contribution in [0.25, 0.3) is 11.4 Å². The van der Waals surface area contributed by atoms with Gasteiger partial charge in [0.05, 0.1) is 21.4 Å². The number of hydrogen-bond donors (Lipinski definition) is 1. The van der Waals surface area contributed by atoms with Crippen LogP contribution in [-0.4, -0.2) is 23.5 Å². The molecule has 0 radical (unpaired) electrons. The van der Waals surface area contributed by atoms with Crippen molar-refractivity contribution in [1.29, 1.82) is 0 Å². The van der Waals surface area contributed by atoms with E-state index in [-0.39, 0.29) is 33.7 Å². The number of rotatable bonds is 6. The van der Waals surface area contributed by atoms with E-state index in [0.717, 1.165) is 12.1 Å². The number of nitro benzene ring substituents is 1. The largest absolute Gasteiger partial charge is 0.338 e. The first kappa shape index (κ1) is 20.2. The quantitative estimate of drug-likeness (QED) is 0.454. The van der Waals surface area contributed by atoms with Crippen molar-refractivity contribution in [3.63, 3.8) is 0 Å². The summed E-state index contributed by atoms with van der Waals surface area (Å²) in [4.78, 5) is 14.1. The van der Waals surface area contributed by atoms with Gasteiger partial charge in [0.2, 0.25) is 21.7 Å². The van der Waals surface area contributed by atoms with Gasteiger partial charge in [-0.3, -0.25) is 10.1 Å². The predicted molar refractivity (Wildman–Crippen MR) is 102 cm³/mol. The van der Waals surface area contributed by atoms with Gasteiger partial charge in [-0.2, -0.15) is 4.98 Å². The molecule has 1 aromatic heterocycles. The van der Waals surface area contributed by atoms with Crippen LogP contribution in [-0.2, 0) is 16.6 Å². The van der Waals surface area contributed by atoms with Crippen LogP contribution in [0.1, 0.15) is 11.5 Å². The first-order valence-corrected chi connectivity index (χ1v) is 9.94. The molecule has 0 saturated heterocycles. The van der Waals surface area contributed by atoms with Crippen molar-refractivity contribution in [2.75, 3.05) is 0 Å². The Labute approximate surface area is 169 Å². The van der Waals surface area contributed by atoms with Gasteiger partial charge in [0, 0.05) is 22.2 Å². The van der Waals surface area contributed by atoms with Crippen LogP contribution in [0.5, 0.6) is 0 Å². The second kappa shape index (κ2) is 7.84. The molecule has 0 bridgehead atoms. The van der Waals surface area contributed by atoms with Crippen LogP contribution in [0.4, 0.5) is 5.69 Å². The van der Waals surface area contributed by atoms with Gasteiger partial charge < -0.3 is 4.52 Å². The zero-order chi connectivity index (χ0) is 20.5. The molecule has 0 amide bonds. The summed E-state index contributed by atoms with van der Waals surface area (Å²) in [6.45, 7) is 1.13. The van der Waals surface area contributed by atoms with Crippen LogP contribution in [0.2, 0.25) is 10.0 Å². The minimum absolute atomic E-state index is 0.0150. The predicted octanol–water partition coefficient (Wildman–Crippen LogP) is 3.74. The average molecular weight is 443 g/mol. The fraction of sp³-hybridized carbons (Fsp3) is 0.125. The van der Waals surface area contributed by atoms with E-state index in [9.17, 15) is 18.5 Å². The third-order valence-corrected chi connectivity index (χ3v) is 5.81. The van der Waals surface area contributed by atoms with Crippen LogP contribution in [0.3, 0.4) is 0 Å². The third-order valence-electron chi connectivity index (χ3n) is 3.78. The summed E-state index contributed by atoms with van der Waals surface area (Å²) < 4.78 is 32.2. The standard InChI is InChI=1S/C16H12Cl2N4O5S/c1-9-13(18)6-12(7-14(9)22(23)24)28(25,26)19-8-15-20-16(21-27-15)10-2-4-11(17)5-3-10/h2-7,19H,8H2,1H3. The van der Waals surface area contributed by atoms with Gasteiger partial charge in [-0.15, -0.1) is 0 Å². The van der Waals surface area contributed by atoms with E-state index in [4.69, 9.17) is 27.7 Å². The van der Waals surface area contributed by atoms with Crippen molar-refractivity contribution in [2.45, 2.75) is 18.4 Å². The monoisotopic (exact) mass is 442 g/mol. The zero-order valence-electron chi connectivity index (χ0n) is 14.2. The van der Waals surface area contributed by atoms with E-state index in [2.05, 4.69) is 14.9 Å². The summed E-state index contributed by atoms with van der Waals surface area (Å²) in [5, 5.41) is 15.4. The molecule has 2 aromatic carbocycles. The van der Waals surface area contributed by atoms with Crippen molar-refractivity contribution in [2.24, 2.45) is 0 Å². The van der Waals surface area contributed by atoms with Crippen molar-refractivity contribution in [3.05, 3.63) is 68.0 Å². The highest BCUT2D eigenvalue weighted by Crippen LogP contribution is 2.29. The molecule has 0 spiro atoms. The summed E-state index contributed by atoms with van der Waals surface area (Å²) >= 11 is 11.7. The molecular formula is C16H12Cl2N4O5S. The van der Waals surface area contributed by atoms with E-state index >= 15 is 0 Å². The van der Waals surface area contributed by atoms with Gasteiger partial charge in [0.25, 0.3) is 5.69 Å². The van der Waals surface area contributed by atoms with E-state index in [1.807, 2.05) is 0 Å². The maximum Gasteiger partial charge on any atom is 0.275 e. The van der Waals surface area contributed by atoms with Crippen molar-refractivity contribution in [1.82, 2.24) is 14.9 Å². The number of halogens is 2. The van der Waals surface area contributed by atoms with E-state index < -0.39 is 20.6 Å². The molecule has 0 aliphatic heterocycles. The molecule has 1 heterocycles. The Hall–Kier alpha value is -2.53. The van der Waals surface area contributed by atoms with E-state index in [1.165, 1.54) is 6.92 Å². The number of nitro groups is 1. The lowest BCUT2D eigenvalue weighted by Crippen LogP contribution is -2.23. The topological polar surface area (TPSA) is 128 Å². The van der Waals surface area contributed by atoms with Crippen molar-refractivity contribution >= 4 is 38.9 Å². The number of sulfonamides is 1. The summed E-state index contributed by atoms with van der Waals surface area (Å²) in [5.41, 5.74) is 0.425. The second-order valence-electron chi connectivity index (χ2n) is 5.65. The molecule has 9 nitrogen and oxygen atoms in total. The summed E-state index contributed by atoms with van der Waals surface area (Å²) in [7, 11) is -4.10. The fourth-order valence-corrected chi connectivity index (χ4v) is 3.69. The first-order chi connectivity index (χ1) is 13.2. The zero-order valence-corrected chi connectivity index (χ0v) is 16.5. The summed E-state index contributed by atoms with van der Waals surface area (Å²) in [5.74, 6) is 0.279. The highest BCUT2D eigenvalue weighted by Gasteiger charge is 2.23. The smallest absolute Gasteiger partial charge is 0.275 e. The van der Waals surface area contributed by atoms with Crippen LogP contribution in [0, 0.1) is 17.0 Å². The lowest BCUT2D eigenvalue weighted by atomic mass is 10.2. The number of aromatic nitrogens is 2. The molecule has 0 saturated carbocycles. The van der Waals surface area contributed by atoms with Gasteiger partial charge in [-0.1, -0.05) is 28.4 Å². The van der Waals surface area contributed by atoms with Gasteiger partial charge in [0.1, 0.15) is 0 Å². The average Bonchev–Trinajstić information content (AvgIpc) is 3.11. The Balaban J connectivity index is 1.79. The SMILES string of the molecule is Cc1c(Cl)cc(S(=O)(=O)NCc2nc(-c3ccc(Cl)cc3)no2)cc1[N+](=O)[O-]. The molecule has 0 atom stereocenters. The number of nitrogens with one attached hydrogen (secondary N) is 1. The number of hydrogen-bond acceptors (Lipinski definition) is 7. The Kier molecular flexibility index (Phi) is 5.66. The maximum absolute atomic E-state index is 12.5. The van der Waals surface area contributed by atoms with Gasteiger partial charge >= 0.3 is 0 Å². The minimum atomic E-state index is -4.10. The molecule has 0 unspecified atom stereocenters. The van der Waals surface area contributed by atoms with Gasteiger partial charge in [-0.25, -0.2) is 13.1 Å². The molecule has 28 heavy (non-hydrogen) atoms. The van der Waals surface area contributed by atoms with Crippen LogP contribution >= 0.6 is 23.2 Å². The Bertz CT molecular complexity index is 1150. The molecule has 1 N–H and O–H groups in total. The Morgan fingerprint density at radius 2 is 1.89 bits per heavy atom. The van der Waals surface area contributed by atoms with Crippen LogP contribution < -0.4 is 4.72 Å². The highest BCUT2D eigenvalue weighted by molar-refractivity contribution is 7.89. The molecule has 0 aliphatic rings. The van der Waals surface area contributed by atoms with Crippen molar-refractivity contribution < 1.29 is 17.9 Å². The molecular weight excluding hydrogens is 431 g/mol. The van der Waals surface area contributed by atoms with E-state index in [1.54, 1.807) is 24.3 Å². The normalized spacial score (nSPS) is 11.5. The highest BCUT2D eigenvalue weighted by atomic mass is 35.5. The molecule has 12 heteroatoms. The molecule has 3 rings (SSSR count). The number of benzene rings is 2. The fourth-order valence-electron chi connectivity index (χ4n) is 2.27. The van der Waals surface area contributed by atoms with E-state index in [0.29, 0.717) is 10.6 Å². The van der Waals surface area contributed by atoms with Gasteiger partial charge in [0.15, 0.2) is 0 Å². The minimum Gasteiger partial charge on any atom is -0.338 e. The third kappa shape index (κ3) is 4.30. The summed E-state index contributed by atoms with van der Waals surface area (Å²) in [6.07, 6.45) is 0. The lowest BCUT2D eigenvalue weighted by Gasteiger charge is -2.07. The Morgan fingerprint density at radius 3 is 2.54 bits per heavy atom. The first-order valence-electron chi connectivity index (χ1n) is 7.70. The molecule has 0 aliphatic carbocycles. The maximum atomic E-state index is 12.5. The molecule has 0 fully saturated rings. The second-order valence-corrected chi connectivity index (χ2v) is 8.26. The van der Waals surface area contributed by atoms with Crippen LogP contribution in [0.15, 0.2) is 45.8 Å².